The Kier molecular flexibility index (Phi) is 5.61. The predicted octanol–water partition coefficient (Wildman–Crippen LogP) is 3.31. The molecule has 0 aliphatic heterocycles. The Labute approximate surface area is 165 Å². The first-order valence-electron chi connectivity index (χ1n) is 8.18. The van der Waals surface area contributed by atoms with Gasteiger partial charge in [-0.1, -0.05) is 29.5 Å². The van der Waals surface area contributed by atoms with Crippen LogP contribution in [0.2, 0.25) is 0 Å². The van der Waals surface area contributed by atoms with Crippen molar-refractivity contribution in [3.63, 3.8) is 0 Å². The smallest absolute Gasteiger partial charge is 0.350 e. The second kappa shape index (κ2) is 7.95. The zero-order valence-electron chi connectivity index (χ0n) is 15.0. The number of aryl methyl sites for hydroxylation is 1. The summed E-state index contributed by atoms with van der Waals surface area (Å²) in [4.78, 5) is 28.6. The molecule has 0 bridgehead atoms. The van der Waals surface area contributed by atoms with Gasteiger partial charge in [0, 0.05) is 0 Å². The normalized spacial score (nSPS) is 11.2. The molecule has 2 aromatic heterocycles. The molecule has 0 radical (unpaired) electrons. The zero-order valence-corrected chi connectivity index (χ0v) is 16.6. The molecular weight excluding hydrogens is 404 g/mol. The highest BCUT2D eigenvalue weighted by molar-refractivity contribution is 7.91. The lowest BCUT2D eigenvalue weighted by molar-refractivity contribution is 0.0531. The fourth-order valence-electron chi connectivity index (χ4n) is 2.30. The number of rotatable bonds is 6. The number of esters is 1. The first-order chi connectivity index (χ1) is 13.3. The van der Waals surface area contributed by atoms with Gasteiger partial charge in [0.25, 0.3) is 5.91 Å². The third-order valence-electron chi connectivity index (χ3n) is 3.60. The topological polar surface area (TPSA) is 116 Å². The predicted molar refractivity (Wildman–Crippen MR) is 101 cm³/mol. The number of hydrogen-bond donors (Lipinski definition) is 1. The van der Waals surface area contributed by atoms with Crippen LogP contribution in [-0.2, 0) is 14.6 Å². The van der Waals surface area contributed by atoms with Gasteiger partial charge in [-0.2, -0.15) is 0 Å². The molecule has 1 aromatic carbocycles. The van der Waals surface area contributed by atoms with Crippen LogP contribution in [0.25, 0.3) is 0 Å². The Bertz CT molecular complexity index is 1120. The van der Waals surface area contributed by atoms with Crippen LogP contribution in [-0.4, -0.2) is 31.9 Å². The highest BCUT2D eigenvalue weighted by atomic mass is 32.2. The van der Waals surface area contributed by atoms with Gasteiger partial charge < -0.3 is 9.15 Å². The van der Waals surface area contributed by atoms with Gasteiger partial charge in [0.2, 0.25) is 14.9 Å². The number of amides is 1. The number of carbonyl (C=O) groups excluding carboxylic acids is 2. The number of hydrogen-bond acceptors (Lipinski definition) is 8. The van der Waals surface area contributed by atoms with Gasteiger partial charge >= 0.3 is 5.97 Å². The molecule has 0 saturated heterocycles. The van der Waals surface area contributed by atoms with Crippen LogP contribution < -0.4 is 5.32 Å². The molecule has 1 N–H and O–H groups in total. The lowest BCUT2D eigenvalue weighted by atomic mass is 10.4. The Balaban J connectivity index is 1.78. The standard InChI is InChI=1S/C18H16N2O6S2/c1-3-25-17(22)15-11(2)19-18(27-15)20-16(21)13-9-10-14(26-13)28(23,24)12-7-5-4-6-8-12/h4-10H,3H2,1-2H3,(H,19,20,21). The van der Waals surface area contributed by atoms with Crippen LogP contribution in [0.3, 0.4) is 0 Å². The molecule has 3 aromatic rings. The highest BCUT2D eigenvalue weighted by Crippen LogP contribution is 2.26. The van der Waals surface area contributed by atoms with E-state index in [4.69, 9.17) is 9.15 Å². The van der Waals surface area contributed by atoms with Crippen LogP contribution >= 0.6 is 11.3 Å². The number of thiazole rings is 1. The first-order valence-corrected chi connectivity index (χ1v) is 10.5. The van der Waals surface area contributed by atoms with E-state index in [2.05, 4.69) is 10.3 Å². The largest absolute Gasteiger partial charge is 0.462 e. The van der Waals surface area contributed by atoms with Gasteiger partial charge in [-0.3, -0.25) is 10.1 Å². The summed E-state index contributed by atoms with van der Waals surface area (Å²) < 4.78 is 35.2. The number of nitrogens with zero attached hydrogens (tertiary/aromatic N) is 1. The SMILES string of the molecule is CCOC(=O)c1sc(NC(=O)c2ccc(S(=O)(=O)c3ccccc3)o2)nc1C. The van der Waals surface area contributed by atoms with Gasteiger partial charge in [-0.25, -0.2) is 18.2 Å². The van der Waals surface area contributed by atoms with Crippen molar-refractivity contribution in [1.82, 2.24) is 4.98 Å². The summed E-state index contributed by atoms with van der Waals surface area (Å²) in [5.74, 6) is -1.40. The molecule has 0 unspecified atom stereocenters. The van der Waals surface area contributed by atoms with E-state index in [1.165, 1.54) is 24.3 Å². The lowest BCUT2D eigenvalue weighted by Crippen LogP contribution is -2.10. The minimum Gasteiger partial charge on any atom is -0.462 e. The maximum atomic E-state index is 12.5. The Morgan fingerprint density at radius 3 is 2.57 bits per heavy atom. The van der Waals surface area contributed by atoms with E-state index in [0.717, 1.165) is 11.3 Å². The van der Waals surface area contributed by atoms with E-state index >= 15 is 0 Å². The van der Waals surface area contributed by atoms with Crippen molar-refractivity contribution >= 4 is 38.2 Å². The van der Waals surface area contributed by atoms with Crippen molar-refractivity contribution in [1.29, 1.82) is 0 Å². The third kappa shape index (κ3) is 3.97. The molecule has 0 saturated carbocycles. The number of ether oxygens (including phenoxy) is 1. The van der Waals surface area contributed by atoms with E-state index in [1.807, 2.05) is 0 Å². The second-order valence-electron chi connectivity index (χ2n) is 5.54. The van der Waals surface area contributed by atoms with Crippen molar-refractivity contribution in [2.45, 2.75) is 23.8 Å². The van der Waals surface area contributed by atoms with E-state index in [0.29, 0.717) is 5.69 Å². The minimum atomic E-state index is -3.87. The van der Waals surface area contributed by atoms with Gasteiger partial charge in [0.1, 0.15) is 4.88 Å². The van der Waals surface area contributed by atoms with Crippen LogP contribution in [0.15, 0.2) is 56.9 Å². The number of carbonyl (C=O) groups is 2. The van der Waals surface area contributed by atoms with Crippen LogP contribution in [0.4, 0.5) is 5.13 Å². The molecule has 0 aliphatic carbocycles. The van der Waals surface area contributed by atoms with Crippen LogP contribution in [0.5, 0.6) is 0 Å². The fraction of sp³-hybridized carbons (Fsp3) is 0.167. The maximum absolute atomic E-state index is 12.5. The Morgan fingerprint density at radius 1 is 1.18 bits per heavy atom. The van der Waals surface area contributed by atoms with Crippen molar-refractivity contribution in [2.24, 2.45) is 0 Å². The Morgan fingerprint density at radius 2 is 1.89 bits per heavy atom. The van der Waals surface area contributed by atoms with Crippen molar-refractivity contribution in [3.8, 4) is 0 Å². The van der Waals surface area contributed by atoms with Crippen molar-refractivity contribution in [2.75, 3.05) is 11.9 Å². The van der Waals surface area contributed by atoms with Gasteiger partial charge in [0.05, 0.1) is 17.2 Å². The van der Waals surface area contributed by atoms with E-state index in [-0.39, 0.29) is 32.4 Å². The average molecular weight is 420 g/mol. The van der Waals surface area contributed by atoms with E-state index in [1.54, 1.807) is 32.0 Å². The summed E-state index contributed by atoms with van der Waals surface area (Å²) in [6.07, 6.45) is 0. The second-order valence-corrected chi connectivity index (χ2v) is 8.42. The number of benzene rings is 1. The van der Waals surface area contributed by atoms with Gasteiger partial charge in [-0.05, 0) is 38.1 Å². The molecule has 146 valence electrons. The average Bonchev–Trinajstić information content (AvgIpc) is 3.30. The molecule has 0 aliphatic rings. The first kappa shape index (κ1) is 19.8. The van der Waals surface area contributed by atoms with E-state index in [9.17, 15) is 18.0 Å². The molecule has 0 spiro atoms. The molecule has 28 heavy (non-hydrogen) atoms. The fourth-order valence-corrected chi connectivity index (χ4v) is 4.35. The summed E-state index contributed by atoms with van der Waals surface area (Å²) in [5, 5.41) is 2.33. The zero-order chi connectivity index (χ0) is 20.3. The number of nitrogens with one attached hydrogen (secondary N) is 1. The molecule has 1 amide bonds. The number of furan rings is 1. The molecule has 8 nitrogen and oxygen atoms in total. The monoisotopic (exact) mass is 420 g/mol. The third-order valence-corrected chi connectivity index (χ3v) is 6.30. The highest BCUT2D eigenvalue weighted by Gasteiger charge is 2.24. The van der Waals surface area contributed by atoms with E-state index < -0.39 is 21.7 Å². The molecule has 2 heterocycles. The quantitative estimate of drug-likeness (QED) is 0.608. The van der Waals surface area contributed by atoms with Gasteiger partial charge in [-0.15, -0.1) is 0 Å². The summed E-state index contributed by atoms with van der Waals surface area (Å²) in [5.41, 5.74) is 0.422. The van der Waals surface area contributed by atoms with Gasteiger partial charge in [0.15, 0.2) is 10.9 Å². The van der Waals surface area contributed by atoms with Crippen molar-refractivity contribution < 1.29 is 27.2 Å². The summed E-state index contributed by atoms with van der Waals surface area (Å²) in [6, 6.07) is 10.2. The van der Waals surface area contributed by atoms with Crippen molar-refractivity contribution in [3.05, 3.63) is 58.8 Å². The molecule has 10 heteroatoms. The number of aromatic nitrogens is 1. The molecule has 0 atom stereocenters. The summed E-state index contributed by atoms with van der Waals surface area (Å²) in [6.45, 7) is 3.54. The maximum Gasteiger partial charge on any atom is 0.350 e. The molecule has 3 rings (SSSR count). The molecular formula is C18H16N2O6S2. The lowest BCUT2D eigenvalue weighted by Gasteiger charge is -2.01. The number of sulfone groups is 1. The molecule has 0 fully saturated rings. The van der Waals surface area contributed by atoms with Crippen LogP contribution in [0, 0.1) is 6.92 Å². The Hall–Kier alpha value is -2.98. The number of anilines is 1. The summed E-state index contributed by atoms with van der Waals surface area (Å²) >= 11 is 0.962. The summed E-state index contributed by atoms with van der Waals surface area (Å²) in [7, 11) is -3.87. The van der Waals surface area contributed by atoms with Crippen LogP contribution in [0.1, 0.15) is 32.8 Å². The minimum absolute atomic E-state index is 0.0611.